The third kappa shape index (κ3) is 2.49. The zero-order valence-corrected chi connectivity index (χ0v) is 11.6. The number of fused-ring (bicyclic) bond motifs is 1. The molecule has 1 saturated heterocycles. The fourth-order valence-electron chi connectivity index (χ4n) is 3.44. The molecule has 3 heteroatoms. The molecule has 3 rings (SSSR count). The normalized spacial score (nSPS) is 33.8. The van der Waals surface area contributed by atoms with Gasteiger partial charge in [0.25, 0.3) is 0 Å². The van der Waals surface area contributed by atoms with E-state index in [2.05, 4.69) is 13.0 Å². The van der Waals surface area contributed by atoms with Crippen LogP contribution in [-0.4, -0.2) is 18.3 Å². The van der Waals surface area contributed by atoms with E-state index in [0.717, 1.165) is 50.0 Å². The summed E-state index contributed by atoms with van der Waals surface area (Å²) in [5.74, 6) is 0.971. The lowest BCUT2D eigenvalue weighted by Gasteiger charge is -2.45. The average molecular weight is 261 g/mol. The molecule has 1 fully saturated rings. The van der Waals surface area contributed by atoms with Crippen LogP contribution in [0.25, 0.3) is 0 Å². The van der Waals surface area contributed by atoms with E-state index in [1.165, 1.54) is 0 Å². The van der Waals surface area contributed by atoms with Crippen molar-refractivity contribution >= 4 is 0 Å². The lowest BCUT2D eigenvalue weighted by Crippen LogP contribution is -2.49. The number of benzene rings is 1. The second kappa shape index (κ2) is 5.14. The van der Waals surface area contributed by atoms with Gasteiger partial charge in [-0.1, -0.05) is 31.5 Å². The maximum Gasteiger partial charge on any atom is 0.124 e. The smallest absolute Gasteiger partial charge is 0.124 e. The molecule has 3 atom stereocenters. The van der Waals surface area contributed by atoms with Gasteiger partial charge in [-0.3, -0.25) is 0 Å². The third-order valence-corrected chi connectivity index (χ3v) is 4.36. The summed E-state index contributed by atoms with van der Waals surface area (Å²) in [5.41, 5.74) is 7.39. The monoisotopic (exact) mass is 261 g/mol. The molecule has 19 heavy (non-hydrogen) atoms. The molecule has 0 radical (unpaired) electrons. The number of rotatable bonds is 2. The molecule has 2 heterocycles. The zero-order valence-electron chi connectivity index (χ0n) is 11.6. The number of hydrogen-bond donors (Lipinski definition) is 1. The zero-order chi connectivity index (χ0) is 13.3. The summed E-state index contributed by atoms with van der Waals surface area (Å²) in [6.07, 6.45) is 5.44. The van der Waals surface area contributed by atoms with Crippen molar-refractivity contribution in [1.82, 2.24) is 0 Å². The molecule has 104 valence electrons. The fraction of sp³-hybridized carbons (Fsp3) is 0.625. The Hall–Kier alpha value is -1.06. The van der Waals surface area contributed by atoms with Crippen LogP contribution in [0.5, 0.6) is 5.75 Å². The van der Waals surface area contributed by atoms with Crippen LogP contribution >= 0.6 is 0 Å². The molecule has 0 saturated carbocycles. The summed E-state index contributed by atoms with van der Waals surface area (Å²) in [6, 6.07) is 8.26. The average Bonchev–Trinajstić information content (AvgIpc) is 2.39. The Morgan fingerprint density at radius 3 is 3.00 bits per heavy atom. The van der Waals surface area contributed by atoms with Crippen LogP contribution in [0.3, 0.4) is 0 Å². The first-order valence-corrected chi connectivity index (χ1v) is 7.37. The second-order valence-corrected chi connectivity index (χ2v) is 5.87. The van der Waals surface area contributed by atoms with E-state index in [1.54, 1.807) is 0 Å². The number of para-hydroxylation sites is 1. The van der Waals surface area contributed by atoms with Crippen molar-refractivity contribution in [3.8, 4) is 5.75 Å². The Morgan fingerprint density at radius 2 is 2.16 bits per heavy atom. The predicted molar refractivity (Wildman–Crippen MR) is 75.2 cm³/mol. The first-order valence-electron chi connectivity index (χ1n) is 7.37. The largest absolute Gasteiger partial charge is 0.487 e. The quantitative estimate of drug-likeness (QED) is 0.889. The van der Waals surface area contributed by atoms with Gasteiger partial charge in [-0.15, -0.1) is 0 Å². The molecular formula is C16H23NO2. The second-order valence-electron chi connectivity index (χ2n) is 5.87. The standard InChI is InChI=1S/C16H23NO2/c1-2-5-12-10-16(8-9-18-12)11-14(17)13-6-3-4-7-15(13)19-16/h3-4,6-7,12,14H,2,5,8-11,17H2,1H3/t12?,14-,16?/m0/s1. The molecule has 0 amide bonds. The van der Waals surface area contributed by atoms with Crippen LogP contribution in [0, 0.1) is 0 Å². The minimum absolute atomic E-state index is 0.0883. The number of ether oxygens (including phenoxy) is 2. The van der Waals surface area contributed by atoms with Crippen molar-refractivity contribution in [2.75, 3.05) is 6.61 Å². The van der Waals surface area contributed by atoms with Crippen LogP contribution in [0.15, 0.2) is 24.3 Å². The molecule has 1 spiro atoms. The molecule has 0 aliphatic carbocycles. The van der Waals surface area contributed by atoms with Crippen LogP contribution in [-0.2, 0) is 4.74 Å². The van der Waals surface area contributed by atoms with Gasteiger partial charge in [0.15, 0.2) is 0 Å². The van der Waals surface area contributed by atoms with Gasteiger partial charge in [-0.2, -0.15) is 0 Å². The molecule has 2 N–H and O–H groups in total. The lowest BCUT2D eigenvalue weighted by atomic mass is 9.79. The Kier molecular flexibility index (Phi) is 3.50. The fourth-order valence-corrected chi connectivity index (χ4v) is 3.44. The molecule has 1 aromatic rings. The predicted octanol–water partition coefficient (Wildman–Crippen LogP) is 3.19. The molecule has 3 nitrogen and oxygen atoms in total. The molecular weight excluding hydrogens is 238 g/mol. The van der Waals surface area contributed by atoms with E-state index in [9.17, 15) is 0 Å². The summed E-state index contributed by atoms with van der Waals surface area (Å²) in [4.78, 5) is 0. The lowest BCUT2D eigenvalue weighted by molar-refractivity contribution is -0.103. The van der Waals surface area contributed by atoms with Gasteiger partial charge in [0.2, 0.25) is 0 Å². The Morgan fingerprint density at radius 1 is 1.32 bits per heavy atom. The highest BCUT2D eigenvalue weighted by Gasteiger charge is 2.43. The van der Waals surface area contributed by atoms with Crippen molar-refractivity contribution in [3.05, 3.63) is 29.8 Å². The van der Waals surface area contributed by atoms with Crippen LogP contribution in [0.4, 0.5) is 0 Å². The SMILES string of the molecule is CCCC1CC2(CCO1)C[C@H](N)c1ccccc1O2. The summed E-state index contributed by atoms with van der Waals surface area (Å²) in [7, 11) is 0. The van der Waals surface area contributed by atoms with Crippen molar-refractivity contribution in [3.63, 3.8) is 0 Å². The highest BCUT2D eigenvalue weighted by Crippen LogP contribution is 2.44. The minimum Gasteiger partial charge on any atom is -0.487 e. The topological polar surface area (TPSA) is 44.5 Å². The van der Waals surface area contributed by atoms with Gasteiger partial charge < -0.3 is 15.2 Å². The van der Waals surface area contributed by atoms with E-state index in [0.29, 0.717) is 6.10 Å². The summed E-state index contributed by atoms with van der Waals surface area (Å²) >= 11 is 0. The number of nitrogens with two attached hydrogens (primary N) is 1. The van der Waals surface area contributed by atoms with Gasteiger partial charge in [0.1, 0.15) is 11.4 Å². The van der Waals surface area contributed by atoms with E-state index >= 15 is 0 Å². The molecule has 2 aliphatic rings. The highest BCUT2D eigenvalue weighted by atomic mass is 16.5. The van der Waals surface area contributed by atoms with Crippen molar-refractivity contribution < 1.29 is 9.47 Å². The molecule has 0 aromatic heterocycles. The van der Waals surface area contributed by atoms with E-state index < -0.39 is 0 Å². The Labute approximate surface area is 115 Å². The maximum absolute atomic E-state index is 6.35. The van der Waals surface area contributed by atoms with Crippen molar-refractivity contribution in [2.45, 2.75) is 56.8 Å². The van der Waals surface area contributed by atoms with Gasteiger partial charge in [-0.05, 0) is 12.5 Å². The molecule has 2 aliphatic heterocycles. The number of hydrogen-bond acceptors (Lipinski definition) is 3. The van der Waals surface area contributed by atoms with Gasteiger partial charge in [-0.25, -0.2) is 0 Å². The summed E-state index contributed by atoms with van der Waals surface area (Å²) < 4.78 is 12.2. The van der Waals surface area contributed by atoms with Crippen molar-refractivity contribution in [1.29, 1.82) is 0 Å². The molecule has 2 unspecified atom stereocenters. The van der Waals surface area contributed by atoms with Crippen LogP contribution < -0.4 is 10.5 Å². The minimum atomic E-state index is -0.105. The first-order chi connectivity index (χ1) is 9.22. The van der Waals surface area contributed by atoms with E-state index in [1.807, 2.05) is 18.2 Å². The highest BCUT2D eigenvalue weighted by molar-refractivity contribution is 5.38. The summed E-state index contributed by atoms with van der Waals surface area (Å²) in [5, 5.41) is 0. The van der Waals surface area contributed by atoms with Gasteiger partial charge in [0.05, 0.1) is 12.7 Å². The Balaban J connectivity index is 1.83. The van der Waals surface area contributed by atoms with Crippen LogP contribution in [0.2, 0.25) is 0 Å². The van der Waals surface area contributed by atoms with Crippen LogP contribution in [0.1, 0.15) is 50.6 Å². The maximum atomic E-state index is 6.35. The van der Waals surface area contributed by atoms with E-state index in [4.69, 9.17) is 15.2 Å². The first kappa shape index (κ1) is 12.9. The molecule has 1 aromatic carbocycles. The summed E-state index contributed by atoms with van der Waals surface area (Å²) in [6.45, 7) is 2.99. The third-order valence-electron chi connectivity index (χ3n) is 4.36. The van der Waals surface area contributed by atoms with Gasteiger partial charge in [0, 0.05) is 30.9 Å². The van der Waals surface area contributed by atoms with Gasteiger partial charge >= 0.3 is 0 Å². The van der Waals surface area contributed by atoms with E-state index in [-0.39, 0.29) is 11.6 Å². The molecule has 0 bridgehead atoms. The van der Waals surface area contributed by atoms with Crippen molar-refractivity contribution in [2.24, 2.45) is 5.73 Å². The Bertz CT molecular complexity index is 446.